The summed E-state index contributed by atoms with van der Waals surface area (Å²) in [6.45, 7) is 3.22. The highest BCUT2D eigenvalue weighted by atomic mass is 19.4. The van der Waals surface area contributed by atoms with E-state index in [2.05, 4.69) is 21.1 Å². The monoisotopic (exact) mass is 402 g/mol. The molecule has 29 heavy (non-hydrogen) atoms. The molecule has 1 aliphatic rings. The molecule has 0 atom stereocenters. The molecule has 1 aromatic carbocycles. The predicted molar refractivity (Wildman–Crippen MR) is 104 cm³/mol. The Labute approximate surface area is 167 Å². The van der Waals surface area contributed by atoms with Crippen molar-refractivity contribution < 1.29 is 18.0 Å². The van der Waals surface area contributed by atoms with Crippen LogP contribution in [0.5, 0.6) is 0 Å². The lowest BCUT2D eigenvalue weighted by atomic mass is 10.0. The SMILES string of the molecule is C#Cc1ccnc(NC(=O)c2ccc(CN3CCN(C)CC3)c(C(F)(F)F)c2)c1. The van der Waals surface area contributed by atoms with Gasteiger partial charge in [0.1, 0.15) is 5.82 Å². The van der Waals surface area contributed by atoms with Gasteiger partial charge in [0.2, 0.25) is 0 Å². The number of hydrogen-bond donors (Lipinski definition) is 1. The molecule has 0 unspecified atom stereocenters. The van der Waals surface area contributed by atoms with Crippen molar-refractivity contribution in [3.63, 3.8) is 0 Å². The number of amides is 1. The molecule has 1 amide bonds. The zero-order valence-electron chi connectivity index (χ0n) is 16.0. The Morgan fingerprint density at radius 2 is 1.93 bits per heavy atom. The second kappa shape index (κ2) is 8.64. The molecule has 1 aliphatic heterocycles. The van der Waals surface area contributed by atoms with Gasteiger partial charge in [0.05, 0.1) is 5.56 Å². The third-order valence-electron chi connectivity index (χ3n) is 4.84. The van der Waals surface area contributed by atoms with E-state index in [1.807, 2.05) is 11.9 Å². The number of carbonyl (C=O) groups is 1. The Bertz CT molecular complexity index is 928. The average molecular weight is 402 g/mol. The molecule has 0 aliphatic carbocycles. The van der Waals surface area contributed by atoms with Gasteiger partial charge in [0.15, 0.2) is 0 Å². The van der Waals surface area contributed by atoms with E-state index in [9.17, 15) is 18.0 Å². The van der Waals surface area contributed by atoms with E-state index < -0.39 is 17.6 Å². The van der Waals surface area contributed by atoms with E-state index in [1.165, 1.54) is 24.4 Å². The zero-order chi connectivity index (χ0) is 21.0. The molecule has 5 nitrogen and oxygen atoms in total. The minimum absolute atomic E-state index is 0.0904. The van der Waals surface area contributed by atoms with Crippen LogP contribution >= 0.6 is 0 Å². The number of carbonyl (C=O) groups excluding carboxylic acids is 1. The summed E-state index contributed by atoms with van der Waals surface area (Å²) in [6.07, 6.45) is 2.17. The summed E-state index contributed by atoms with van der Waals surface area (Å²) in [7, 11) is 1.99. The maximum atomic E-state index is 13.6. The number of alkyl halides is 3. The number of piperazine rings is 1. The number of likely N-dealkylation sites (N-methyl/N-ethyl adjacent to an activating group) is 1. The van der Waals surface area contributed by atoms with Crippen molar-refractivity contribution >= 4 is 11.7 Å². The van der Waals surface area contributed by atoms with Gasteiger partial charge >= 0.3 is 6.18 Å². The van der Waals surface area contributed by atoms with E-state index >= 15 is 0 Å². The van der Waals surface area contributed by atoms with E-state index in [-0.39, 0.29) is 23.5 Å². The molecule has 152 valence electrons. The number of anilines is 1. The Morgan fingerprint density at radius 1 is 1.21 bits per heavy atom. The fraction of sp³-hybridized carbons (Fsp3) is 0.333. The van der Waals surface area contributed by atoms with Crippen molar-refractivity contribution in [3.8, 4) is 12.3 Å². The van der Waals surface area contributed by atoms with Crippen molar-refractivity contribution in [1.82, 2.24) is 14.8 Å². The van der Waals surface area contributed by atoms with E-state index in [4.69, 9.17) is 6.42 Å². The third-order valence-corrected chi connectivity index (χ3v) is 4.84. The Kier molecular flexibility index (Phi) is 6.20. The molecule has 2 aromatic rings. The normalized spacial score (nSPS) is 15.7. The lowest BCUT2D eigenvalue weighted by Crippen LogP contribution is -2.44. The largest absolute Gasteiger partial charge is 0.416 e. The molecule has 0 saturated carbocycles. The Morgan fingerprint density at radius 3 is 2.59 bits per heavy atom. The predicted octanol–water partition coefficient (Wildman–Crippen LogP) is 3.08. The molecule has 1 N–H and O–H groups in total. The van der Waals surface area contributed by atoms with Crippen LogP contribution in [0.15, 0.2) is 36.5 Å². The average Bonchev–Trinajstić information content (AvgIpc) is 2.69. The summed E-state index contributed by atoms with van der Waals surface area (Å²) in [5.74, 6) is 1.91. The second-order valence-electron chi connectivity index (χ2n) is 6.98. The van der Waals surface area contributed by atoms with Crippen LogP contribution in [0, 0.1) is 12.3 Å². The number of nitrogens with zero attached hydrogens (tertiary/aromatic N) is 3. The van der Waals surface area contributed by atoms with Crippen LogP contribution in [0.1, 0.15) is 27.0 Å². The first kappa shape index (κ1) is 20.8. The van der Waals surface area contributed by atoms with Crippen molar-refractivity contribution in [2.45, 2.75) is 12.7 Å². The van der Waals surface area contributed by atoms with Gasteiger partial charge in [-0.1, -0.05) is 12.0 Å². The van der Waals surface area contributed by atoms with Gasteiger partial charge in [-0.15, -0.1) is 6.42 Å². The fourth-order valence-corrected chi connectivity index (χ4v) is 3.14. The lowest BCUT2D eigenvalue weighted by Gasteiger charge is -2.33. The topological polar surface area (TPSA) is 48.5 Å². The third kappa shape index (κ3) is 5.34. The van der Waals surface area contributed by atoms with Crippen LogP contribution in [0.4, 0.5) is 19.0 Å². The standard InChI is InChI=1S/C21H21F3N4O/c1-3-15-6-7-25-19(12-15)26-20(29)16-4-5-17(18(13-16)21(22,23)24)14-28-10-8-27(2)9-11-28/h1,4-7,12-13H,8-11,14H2,2H3,(H,25,26,29). The number of benzene rings is 1. The minimum atomic E-state index is -4.56. The van der Waals surface area contributed by atoms with Crippen molar-refractivity contribution in [2.24, 2.45) is 0 Å². The molecule has 0 radical (unpaired) electrons. The van der Waals surface area contributed by atoms with Crippen LogP contribution < -0.4 is 5.32 Å². The van der Waals surface area contributed by atoms with E-state index in [0.29, 0.717) is 18.7 Å². The van der Waals surface area contributed by atoms with Gasteiger partial charge in [-0.2, -0.15) is 13.2 Å². The summed E-state index contributed by atoms with van der Waals surface area (Å²) >= 11 is 0. The van der Waals surface area contributed by atoms with E-state index in [1.54, 1.807) is 6.07 Å². The zero-order valence-corrected chi connectivity index (χ0v) is 16.0. The second-order valence-corrected chi connectivity index (χ2v) is 6.98. The first-order valence-corrected chi connectivity index (χ1v) is 9.11. The van der Waals surface area contributed by atoms with Gasteiger partial charge in [0.25, 0.3) is 5.91 Å². The number of nitrogens with one attached hydrogen (secondary N) is 1. The van der Waals surface area contributed by atoms with Gasteiger partial charge in [-0.3, -0.25) is 9.69 Å². The Balaban J connectivity index is 1.81. The molecule has 3 rings (SSSR count). The maximum absolute atomic E-state index is 13.6. The summed E-state index contributed by atoms with van der Waals surface area (Å²) in [6, 6.07) is 6.74. The van der Waals surface area contributed by atoms with Gasteiger partial charge in [0, 0.05) is 50.0 Å². The van der Waals surface area contributed by atoms with Crippen LogP contribution in [-0.4, -0.2) is 53.9 Å². The summed E-state index contributed by atoms with van der Waals surface area (Å²) in [5, 5.41) is 2.49. The highest BCUT2D eigenvalue weighted by Crippen LogP contribution is 2.33. The summed E-state index contributed by atoms with van der Waals surface area (Å²) in [4.78, 5) is 20.5. The van der Waals surface area contributed by atoms with Gasteiger partial charge in [-0.05, 0) is 36.9 Å². The molecule has 1 saturated heterocycles. The maximum Gasteiger partial charge on any atom is 0.416 e. The smallest absolute Gasteiger partial charge is 0.307 e. The number of aromatic nitrogens is 1. The molecule has 0 bridgehead atoms. The molecule has 0 spiro atoms. The van der Waals surface area contributed by atoms with Crippen molar-refractivity contribution in [1.29, 1.82) is 0 Å². The molecular weight excluding hydrogens is 381 g/mol. The minimum Gasteiger partial charge on any atom is -0.307 e. The quantitative estimate of drug-likeness (QED) is 0.799. The van der Waals surface area contributed by atoms with Crippen LogP contribution in [0.3, 0.4) is 0 Å². The van der Waals surface area contributed by atoms with Gasteiger partial charge < -0.3 is 10.2 Å². The lowest BCUT2D eigenvalue weighted by molar-refractivity contribution is -0.138. The van der Waals surface area contributed by atoms with Crippen LogP contribution in [-0.2, 0) is 12.7 Å². The number of terminal acetylenes is 1. The molecule has 1 fully saturated rings. The van der Waals surface area contributed by atoms with Crippen molar-refractivity contribution in [2.75, 3.05) is 38.5 Å². The first-order valence-electron chi connectivity index (χ1n) is 9.11. The Hall–Kier alpha value is -2.89. The number of pyridine rings is 1. The molecule has 1 aromatic heterocycles. The molecule has 2 heterocycles. The van der Waals surface area contributed by atoms with Crippen molar-refractivity contribution in [3.05, 3.63) is 58.8 Å². The summed E-state index contributed by atoms with van der Waals surface area (Å²) < 4.78 is 40.9. The number of rotatable bonds is 4. The first-order chi connectivity index (χ1) is 13.8. The highest BCUT2D eigenvalue weighted by molar-refractivity contribution is 6.04. The van der Waals surface area contributed by atoms with E-state index in [0.717, 1.165) is 19.2 Å². The number of halogens is 3. The molecule has 8 heteroatoms. The highest BCUT2D eigenvalue weighted by Gasteiger charge is 2.34. The fourth-order valence-electron chi connectivity index (χ4n) is 3.14. The number of hydrogen-bond acceptors (Lipinski definition) is 4. The molecular formula is C21H21F3N4O. The summed E-state index contributed by atoms with van der Waals surface area (Å²) in [5.41, 5.74) is -0.221. The van der Waals surface area contributed by atoms with Gasteiger partial charge in [-0.25, -0.2) is 4.98 Å². The van der Waals surface area contributed by atoms with Crippen LogP contribution in [0.25, 0.3) is 0 Å². The van der Waals surface area contributed by atoms with Crippen LogP contribution in [0.2, 0.25) is 0 Å².